The molecule has 0 aliphatic carbocycles. The van der Waals surface area contributed by atoms with Crippen molar-refractivity contribution >= 4 is 16.1 Å². The molecule has 0 heterocycles. The fourth-order valence-corrected chi connectivity index (χ4v) is 4.72. The molecule has 1 unspecified atom stereocenters. The van der Waals surface area contributed by atoms with E-state index in [4.69, 9.17) is 0 Å². The lowest BCUT2D eigenvalue weighted by Crippen LogP contribution is -2.15. The molecule has 5 nitrogen and oxygen atoms in total. The Bertz CT molecular complexity index is 699. The van der Waals surface area contributed by atoms with Crippen LogP contribution < -0.4 is 0 Å². The largest absolute Gasteiger partial charge is 0.481 e. The maximum atomic E-state index is 11.7. The van der Waals surface area contributed by atoms with E-state index in [0.717, 1.165) is 25.7 Å². The second-order valence-corrected chi connectivity index (χ2v) is 9.68. The Hall–Kier alpha value is -1.40. The van der Waals surface area contributed by atoms with Crippen molar-refractivity contribution in [3.63, 3.8) is 0 Å². The summed E-state index contributed by atoms with van der Waals surface area (Å²) in [7, 11) is -4.43. The first-order valence-corrected chi connectivity index (χ1v) is 13.1. The summed E-state index contributed by atoms with van der Waals surface area (Å²) in [6, 6.07) is 5.82. The lowest BCUT2D eigenvalue weighted by Gasteiger charge is -2.15. The molecule has 1 rings (SSSR count). The van der Waals surface area contributed by atoms with Gasteiger partial charge in [0.1, 0.15) is 0 Å². The number of carbonyl (C=O) groups is 1. The van der Waals surface area contributed by atoms with Gasteiger partial charge in [-0.1, -0.05) is 115 Å². The molecule has 1 atom stereocenters. The van der Waals surface area contributed by atoms with E-state index in [0.29, 0.717) is 6.42 Å². The Kier molecular flexibility index (Phi) is 13.7. The van der Waals surface area contributed by atoms with E-state index in [9.17, 15) is 22.9 Å². The number of rotatable bonds is 18. The number of benzene rings is 1. The van der Waals surface area contributed by atoms with Gasteiger partial charge in [0, 0.05) is 0 Å². The number of carboxylic acid groups (broad SMARTS) is 1. The molecule has 0 fully saturated rings. The maximum Gasteiger partial charge on any atom is 0.311 e. The zero-order valence-electron chi connectivity index (χ0n) is 18.5. The Labute approximate surface area is 183 Å². The van der Waals surface area contributed by atoms with E-state index in [1.807, 2.05) is 0 Å². The number of carboxylic acids is 1. The topological polar surface area (TPSA) is 91.7 Å². The summed E-state index contributed by atoms with van der Waals surface area (Å²) in [5, 5.41) is 9.54. The van der Waals surface area contributed by atoms with Gasteiger partial charge in [-0.2, -0.15) is 8.42 Å². The van der Waals surface area contributed by atoms with Crippen molar-refractivity contribution in [2.45, 2.75) is 114 Å². The molecule has 1 aromatic rings. The van der Waals surface area contributed by atoms with Gasteiger partial charge in [0.05, 0.1) is 10.8 Å². The van der Waals surface area contributed by atoms with Gasteiger partial charge in [0.25, 0.3) is 10.1 Å². The molecular formula is C24H40O5S. The Morgan fingerprint density at radius 3 is 1.67 bits per heavy atom. The number of aliphatic carboxylic acids is 1. The fraction of sp³-hybridized carbons (Fsp3) is 0.708. The predicted octanol–water partition coefficient (Wildman–Crippen LogP) is 6.97. The highest BCUT2D eigenvalue weighted by Gasteiger charge is 2.26. The highest BCUT2D eigenvalue weighted by Crippen LogP contribution is 2.29. The molecule has 0 spiro atoms. The van der Waals surface area contributed by atoms with Gasteiger partial charge < -0.3 is 5.11 Å². The molecule has 0 aliphatic heterocycles. The molecule has 0 bridgehead atoms. The van der Waals surface area contributed by atoms with Gasteiger partial charge in [-0.05, 0) is 18.1 Å². The summed E-state index contributed by atoms with van der Waals surface area (Å²) >= 11 is 0. The molecule has 0 aliphatic rings. The van der Waals surface area contributed by atoms with Crippen molar-refractivity contribution in [2.75, 3.05) is 0 Å². The molecule has 1 aromatic carbocycles. The molecule has 172 valence electrons. The molecule has 2 N–H and O–H groups in total. The van der Waals surface area contributed by atoms with E-state index in [1.165, 1.54) is 82.4 Å². The second kappa shape index (κ2) is 15.4. The van der Waals surface area contributed by atoms with Gasteiger partial charge in [0.2, 0.25) is 0 Å². The van der Waals surface area contributed by atoms with Crippen molar-refractivity contribution in [2.24, 2.45) is 0 Å². The normalized spacial score (nSPS) is 12.7. The lowest BCUT2D eigenvalue weighted by atomic mass is 9.93. The highest BCUT2D eigenvalue weighted by atomic mass is 32.2. The minimum Gasteiger partial charge on any atom is -0.481 e. The van der Waals surface area contributed by atoms with Crippen LogP contribution in [0.2, 0.25) is 0 Å². The van der Waals surface area contributed by atoms with Crippen LogP contribution in [0.25, 0.3) is 0 Å². The first-order chi connectivity index (χ1) is 14.4. The zero-order chi connectivity index (χ0) is 22.2. The van der Waals surface area contributed by atoms with Crippen molar-refractivity contribution in [3.05, 3.63) is 29.8 Å². The van der Waals surface area contributed by atoms with Crippen LogP contribution >= 0.6 is 0 Å². The molecule has 0 amide bonds. The Morgan fingerprint density at radius 2 is 1.23 bits per heavy atom. The summed E-state index contributed by atoms with van der Waals surface area (Å²) in [4.78, 5) is 11.4. The van der Waals surface area contributed by atoms with Crippen LogP contribution in [-0.4, -0.2) is 24.0 Å². The van der Waals surface area contributed by atoms with Crippen molar-refractivity contribution < 1.29 is 22.9 Å². The first kappa shape index (κ1) is 26.6. The van der Waals surface area contributed by atoms with Crippen molar-refractivity contribution in [1.82, 2.24) is 0 Å². The van der Waals surface area contributed by atoms with E-state index >= 15 is 0 Å². The summed E-state index contributed by atoms with van der Waals surface area (Å²) in [5.74, 6) is -1.97. The van der Waals surface area contributed by atoms with E-state index in [1.54, 1.807) is 6.07 Å². The molecular weight excluding hydrogens is 400 g/mol. The van der Waals surface area contributed by atoms with Crippen molar-refractivity contribution in [3.8, 4) is 0 Å². The van der Waals surface area contributed by atoms with Gasteiger partial charge >= 0.3 is 5.97 Å². The average molecular weight is 441 g/mol. The van der Waals surface area contributed by atoms with Crippen LogP contribution in [0.5, 0.6) is 0 Å². The molecule has 0 saturated heterocycles. The predicted molar refractivity (Wildman–Crippen MR) is 122 cm³/mol. The Morgan fingerprint density at radius 1 is 0.800 bits per heavy atom. The summed E-state index contributed by atoms with van der Waals surface area (Å²) in [6.07, 6.45) is 17.5. The monoisotopic (exact) mass is 440 g/mol. The maximum absolute atomic E-state index is 11.7. The van der Waals surface area contributed by atoms with Gasteiger partial charge in [-0.15, -0.1) is 0 Å². The smallest absolute Gasteiger partial charge is 0.311 e. The van der Waals surface area contributed by atoms with Gasteiger partial charge in [0.15, 0.2) is 0 Å². The van der Waals surface area contributed by atoms with Crippen LogP contribution in [0.15, 0.2) is 29.2 Å². The van der Waals surface area contributed by atoms with Gasteiger partial charge in [-0.3, -0.25) is 9.35 Å². The lowest BCUT2D eigenvalue weighted by molar-refractivity contribution is -0.139. The quantitative estimate of drug-likeness (QED) is 0.190. The molecule has 0 radical (unpaired) electrons. The first-order valence-electron chi connectivity index (χ1n) is 11.7. The van der Waals surface area contributed by atoms with Crippen molar-refractivity contribution in [1.29, 1.82) is 0 Å². The number of hydrogen-bond acceptors (Lipinski definition) is 3. The third-order valence-electron chi connectivity index (χ3n) is 5.72. The minimum absolute atomic E-state index is 0.169. The fourth-order valence-electron chi connectivity index (χ4n) is 3.96. The number of unbranched alkanes of at least 4 members (excludes halogenated alkanes) is 13. The summed E-state index contributed by atoms with van der Waals surface area (Å²) in [6.45, 7) is 2.24. The minimum atomic E-state index is -4.43. The second-order valence-electron chi connectivity index (χ2n) is 8.29. The molecule has 30 heavy (non-hydrogen) atoms. The molecule has 6 heteroatoms. The van der Waals surface area contributed by atoms with E-state index in [2.05, 4.69) is 6.92 Å². The van der Waals surface area contributed by atoms with Crippen LogP contribution in [0.3, 0.4) is 0 Å². The van der Waals surface area contributed by atoms with Crippen LogP contribution in [0, 0.1) is 0 Å². The average Bonchev–Trinajstić information content (AvgIpc) is 2.70. The third kappa shape index (κ3) is 11.1. The standard InChI is InChI=1S/C24H40O5S/c1-2-3-4-5-6-7-8-9-10-11-12-13-14-15-19-22(24(25)26)21-18-16-17-20-23(21)30(27,28)29/h16-18,20,22H,2-15,19H2,1H3,(H,25,26)(H,27,28,29). The highest BCUT2D eigenvalue weighted by molar-refractivity contribution is 7.85. The number of hydrogen-bond donors (Lipinski definition) is 2. The third-order valence-corrected chi connectivity index (χ3v) is 6.64. The van der Waals surface area contributed by atoms with E-state index in [-0.39, 0.29) is 10.5 Å². The molecule has 0 saturated carbocycles. The summed E-state index contributed by atoms with van der Waals surface area (Å²) in [5.41, 5.74) is 0.169. The Balaban J connectivity index is 2.20. The summed E-state index contributed by atoms with van der Waals surface area (Å²) < 4.78 is 32.5. The van der Waals surface area contributed by atoms with Gasteiger partial charge in [-0.25, -0.2) is 0 Å². The zero-order valence-corrected chi connectivity index (χ0v) is 19.3. The molecule has 0 aromatic heterocycles. The SMILES string of the molecule is CCCCCCCCCCCCCCCCC(C(=O)O)c1ccccc1S(=O)(=O)O. The van der Waals surface area contributed by atoms with E-state index < -0.39 is 22.0 Å². The van der Waals surface area contributed by atoms with Crippen LogP contribution in [0.4, 0.5) is 0 Å². The van der Waals surface area contributed by atoms with Crippen LogP contribution in [-0.2, 0) is 14.9 Å². The van der Waals surface area contributed by atoms with Crippen LogP contribution in [0.1, 0.15) is 115 Å².